The summed E-state index contributed by atoms with van der Waals surface area (Å²) in [5, 5.41) is 6.82. The molecule has 2 fully saturated rings. The van der Waals surface area contributed by atoms with Crippen LogP contribution in [-0.4, -0.2) is 75.1 Å². The third-order valence-corrected chi connectivity index (χ3v) is 6.36. The van der Waals surface area contributed by atoms with Gasteiger partial charge in [-0.25, -0.2) is 0 Å². The summed E-state index contributed by atoms with van der Waals surface area (Å²) in [6, 6.07) is 8.84. The predicted octanol–water partition coefficient (Wildman–Crippen LogP) is 3.26. The largest absolute Gasteiger partial charge is 0.497 e. The van der Waals surface area contributed by atoms with Crippen molar-refractivity contribution in [1.29, 1.82) is 0 Å². The Kier molecular flexibility index (Phi) is 11.6. The van der Waals surface area contributed by atoms with Crippen molar-refractivity contribution in [2.45, 2.75) is 45.1 Å². The third kappa shape index (κ3) is 7.50. The van der Waals surface area contributed by atoms with Gasteiger partial charge in [-0.3, -0.25) is 14.7 Å². The molecule has 2 heterocycles. The molecule has 0 saturated carbocycles. The Balaban J connectivity index is 0.00000363. The number of piperidine rings is 1. The molecule has 0 spiro atoms. The van der Waals surface area contributed by atoms with Crippen LogP contribution < -0.4 is 15.4 Å². The van der Waals surface area contributed by atoms with Gasteiger partial charge in [0.2, 0.25) is 5.91 Å². The zero-order chi connectivity index (χ0) is 22.1. The molecule has 7 nitrogen and oxygen atoms in total. The number of methoxy groups -OCH3 is 1. The van der Waals surface area contributed by atoms with E-state index < -0.39 is 0 Å². The van der Waals surface area contributed by atoms with E-state index >= 15 is 0 Å². The lowest BCUT2D eigenvalue weighted by atomic mass is 9.85. The maximum atomic E-state index is 11.8. The van der Waals surface area contributed by atoms with E-state index in [0.717, 1.165) is 63.8 Å². The molecule has 1 amide bonds. The van der Waals surface area contributed by atoms with Crippen LogP contribution in [0.1, 0.15) is 50.6 Å². The number of hydrogen-bond donors (Lipinski definition) is 2. The molecule has 32 heavy (non-hydrogen) atoms. The number of hydrogen-bond acceptors (Lipinski definition) is 4. The third-order valence-electron chi connectivity index (χ3n) is 6.36. The summed E-state index contributed by atoms with van der Waals surface area (Å²) in [7, 11) is 3.92. The molecule has 1 aromatic rings. The number of benzene rings is 1. The lowest BCUT2D eigenvalue weighted by molar-refractivity contribution is -0.127. The maximum absolute atomic E-state index is 11.8. The van der Waals surface area contributed by atoms with Gasteiger partial charge in [0.15, 0.2) is 5.96 Å². The first-order valence-electron chi connectivity index (χ1n) is 11.8. The van der Waals surface area contributed by atoms with E-state index in [9.17, 15) is 4.79 Å². The Morgan fingerprint density at radius 2 is 1.97 bits per heavy atom. The van der Waals surface area contributed by atoms with E-state index in [-0.39, 0.29) is 24.0 Å². The summed E-state index contributed by atoms with van der Waals surface area (Å²) in [6.07, 6.45) is 5.04. The molecule has 0 bridgehead atoms. The number of nitrogens with one attached hydrogen (secondary N) is 2. The monoisotopic (exact) mass is 557 g/mol. The molecule has 0 aliphatic carbocycles. The number of carbonyl (C=O) groups is 1. The van der Waals surface area contributed by atoms with Gasteiger partial charge >= 0.3 is 0 Å². The van der Waals surface area contributed by atoms with Gasteiger partial charge in [0.25, 0.3) is 0 Å². The van der Waals surface area contributed by atoms with Crippen molar-refractivity contribution < 1.29 is 9.53 Å². The van der Waals surface area contributed by atoms with Crippen molar-refractivity contribution in [1.82, 2.24) is 20.4 Å². The number of carbonyl (C=O) groups excluding carboxylic acids is 1. The molecular weight excluding hydrogens is 517 g/mol. The number of guanidine groups is 1. The molecule has 2 aliphatic heterocycles. The average Bonchev–Trinajstić information content (AvgIpc) is 3.19. The number of ether oxygens (including phenoxy) is 1. The molecule has 2 atom stereocenters. The van der Waals surface area contributed by atoms with Crippen molar-refractivity contribution in [2.75, 3.05) is 53.4 Å². The van der Waals surface area contributed by atoms with Crippen LogP contribution in [-0.2, 0) is 4.79 Å². The summed E-state index contributed by atoms with van der Waals surface area (Å²) in [4.78, 5) is 21.1. The van der Waals surface area contributed by atoms with Gasteiger partial charge in [0.05, 0.1) is 7.11 Å². The Hall–Kier alpha value is -1.55. The molecular formula is C24H40IN5O2. The van der Waals surface area contributed by atoms with Crippen LogP contribution in [0.25, 0.3) is 0 Å². The van der Waals surface area contributed by atoms with Crippen LogP contribution in [0, 0.1) is 5.92 Å². The SMILES string of the molecule is CCNC(=NCC1CCCN(C)C1c1ccc(OC)cc1)NCCCN1CCCC1=O.I. The van der Waals surface area contributed by atoms with Crippen LogP contribution in [0.3, 0.4) is 0 Å². The van der Waals surface area contributed by atoms with Gasteiger partial charge in [-0.05, 0) is 69.8 Å². The van der Waals surface area contributed by atoms with Crippen LogP contribution >= 0.6 is 24.0 Å². The molecule has 2 saturated heterocycles. The first kappa shape index (κ1) is 26.7. The number of likely N-dealkylation sites (tertiary alicyclic amines) is 2. The van der Waals surface area contributed by atoms with Gasteiger partial charge in [0.1, 0.15) is 5.75 Å². The average molecular weight is 558 g/mol. The van der Waals surface area contributed by atoms with E-state index in [1.165, 1.54) is 18.4 Å². The Morgan fingerprint density at radius 3 is 2.62 bits per heavy atom. The molecule has 2 unspecified atom stereocenters. The molecule has 0 aromatic heterocycles. The smallest absolute Gasteiger partial charge is 0.222 e. The normalized spacial score (nSPS) is 21.9. The highest BCUT2D eigenvalue weighted by Crippen LogP contribution is 2.35. The molecule has 0 radical (unpaired) electrons. The highest BCUT2D eigenvalue weighted by Gasteiger charge is 2.30. The summed E-state index contributed by atoms with van der Waals surface area (Å²) >= 11 is 0. The van der Waals surface area contributed by atoms with Crippen LogP contribution in [0.5, 0.6) is 5.75 Å². The Morgan fingerprint density at radius 1 is 1.19 bits per heavy atom. The van der Waals surface area contributed by atoms with Gasteiger partial charge in [-0.1, -0.05) is 12.1 Å². The first-order chi connectivity index (χ1) is 15.1. The van der Waals surface area contributed by atoms with Gasteiger partial charge in [-0.15, -0.1) is 24.0 Å². The fraction of sp³-hybridized carbons (Fsp3) is 0.667. The summed E-state index contributed by atoms with van der Waals surface area (Å²) in [5.41, 5.74) is 1.33. The predicted molar refractivity (Wildman–Crippen MR) is 141 cm³/mol. The van der Waals surface area contributed by atoms with E-state index in [1.807, 2.05) is 4.90 Å². The molecule has 2 N–H and O–H groups in total. The number of halogens is 1. The quantitative estimate of drug-likeness (QED) is 0.211. The Labute approximate surface area is 210 Å². The van der Waals surface area contributed by atoms with E-state index in [1.54, 1.807) is 7.11 Å². The van der Waals surface area contributed by atoms with Crippen LogP contribution in [0.15, 0.2) is 29.3 Å². The minimum Gasteiger partial charge on any atom is -0.497 e. The highest BCUT2D eigenvalue weighted by molar-refractivity contribution is 14.0. The van der Waals surface area contributed by atoms with E-state index in [2.05, 4.69) is 53.8 Å². The second kappa shape index (κ2) is 13.9. The topological polar surface area (TPSA) is 69.2 Å². The van der Waals surface area contributed by atoms with Crippen LogP contribution in [0.4, 0.5) is 0 Å². The van der Waals surface area contributed by atoms with Crippen molar-refractivity contribution in [3.05, 3.63) is 29.8 Å². The van der Waals surface area contributed by atoms with E-state index in [0.29, 0.717) is 24.3 Å². The molecule has 3 rings (SSSR count). The number of nitrogens with zero attached hydrogens (tertiary/aromatic N) is 3. The summed E-state index contributed by atoms with van der Waals surface area (Å²) < 4.78 is 5.33. The lowest BCUT2D eigenvalue weighted by Crippen LogP contribution is -2.41. The van der Waals surface area contributed by atoms with Gasteiger partial charge < -0.3 is 20.3 Å². The number of amides is 1. The molecule has 2 aliphatic rings. The first-order valence-corrected chi connectivity index (χ1v) is 11.8. The van der Waals surface area contributed by atoms with Crippen molar-refractivity contribution in [3.8, 4) is 5.75 Å². The second-order valence-electron chi connectivity index (χ2n) is 8.59. The fourth-order valence-corrected chi connectivity index (χ4v) is 4.75. The number of rotatable bonds is 9. The van der Waals surface area contributed by atoms with Gasteiger partial charge in [-0.2, -0.15) is 0 Å². The van der Waals surface area contributed by atoms with E-state index in [4.69, 9.17) is 9.73 Å². The zero-order valence-electron chi connectivity index (χ0n) is 19.8. The van der Waals surface area contributed by atoms with Crippen LogP contribution in [0.2, 0.25) is 0 Å². The molecule has 8 heteroatoms. The minimum atomic E-state index is 0. The number of aliphatic imine (C=N–C) groups is 1. The lowest BCUT2D eigenvalue weighted by Gasteiger charge is -2.39. The van der Waals surface area contributed by atoms with Crippen molar-refractivity contribution in [2.24, 2.45) is 10.9 Å². The minimum absolute atomic E-state index is 0. The van der Waals surface area contributed by atoms with Crippen molar-refractivity contribution >= 4 is 35.8 Å². The zero-order valence-corrected chi connectivity index (χ0v) is 22.1. The van der Waals surface area contributed by atoms with Crippen molar-refractivity contribution in [3.63, 3.8) is 0 Å². The highest BCUT2D eigenvalue weighted by atomic mass is 127. The summed E-state index contributed by atoms with van der Waals surface area (Å²) in [6.45, 7) is 7.40. The van der Waals surface area contributed by atoms with Gasteiger partial charge in [0, 0.05) is 45.2 Å². The standard InChI is InChI=1S/C24H39N5O2.HI/c1-4-25-24(26-14-7-17-29-16-6-9-22(29)30)27-18-20-8-5-15-28(2)23(20)19-10-12-21(31-3)13-11-19;/h10-13,20,23H,4-9,14-18H2,1-3H3,(H2,25,26,27);1H. The molecule has 180 valence electrons. The second-order valence-corrected chi connectivity index (χ2v) is 8.59. The molecule has 1 aromatic carbocycles. The fourth-order valence-electron chi connectivity index (χ4n) is 4.75. The Bertz CT molecular complexity index is 728. The maximum Gasteiger partial charge on any atom is 0.222 e. The summed E-state index contributed by atoms with van der Waals surface area (Å²) in [5.74, 6) is 2.54.